The lowest BCUT2D eigenvalue weighted by Crippen LogP contribution is -2.32. The quantitative estimate of drug-likeness (QED) is 0.361. The van der Waals surface area contributed by atoms with Crippen molar-refractivity contribution in [3.05, 3.63) is 84.4 Å². The number of ether oxygens (including phenoxy) is 1. The van der Waals surface area contributed by atoms with Gasteiger partial charge >= 0.3 is 0 Å². The fourth-order valence-corrected chi connectivity index (χ4v) is 5.21. The van der Waals surface area contributed by atoms with Crippen LogP contribution in [0.4, 0.5) is 5.69 Å². The van der Waals surface area contributed by atoms with Crippen molar-refractivity contribution in [2.24, 2.45) is 0 Å². The molecule has 2 saturated heterocycles. The minimum atomic E-state index is 0.0129. The van der Waals surface area contributed by atoms with E-state index in [2.05, 4.69) is 73.7 Å². The molecule has 0 saturated carbocycles. The smallest absolute Gasteiger partial charge is 0.170 e. The second-order valence-electron chi connectivity index (χ2n) is 8.69. The Morgan fingerprint density at radius 3 is 2.76 bits per heavy atom. The highest BCUT2D eigenvalue weighted by atomic mass is 32.1. The van der Waals surface area contributed by atoms with Gasteiger partial charge in [0.15, 0.2) is 5.11 Å². The van der Waals surface area contributed by atoms with Crippen LogP contribution < -0.4 is 10.6 Å². The van der Waals surface area contributed by atoms with Gasteiger partial charge in [-0.3, -0.25) is 4.98 Å². The lowest BCUT2D eigenvalue weighted by atomic mass is 10.0. The number of aromatic nitrogens is 2. The molecule has 1 aromatic carbocycles. The summed E-state index contributed by atoms with van der Waals surface area (Å²) in [6, 6.07) is 20.9. The molecule has 2 aromatic heterocycles. The van der Waals surface area contributed by atoms with Crippen molar-refractivity contribution < 1.29 is 4.74 Å². The molecule has 3 aromatic rings. The fraction of sp³-hybridized carbons (Fsp3) is 0.385. The Bertz CT molecular complexity index is 1040. The number of thiocarbonyl (C=S) groups is 1. The van der Waals surface area contributed by atoms with E-state index in [0.29, 0.717) is 0 Å². The van der Waals surface area contributed by atoms with Crippen LogP contribution in [0.25, 0.3) is 0 Å². The van der Waals surface area contributed by atoms with Gasteiger partial charge in [0.1, 0.15) is 0 Å². The van der Waals surface area contributed by atoms with E-state index in [1.807, 2.05) is 24.4 Å². The first kappa shape index (κ1) is 21.9. The number of para-hydroxylation sites is 1. The molecule has 6 nitrogen and oxygen atoms in total. The molecule has 0 spiro atoms. The van der Waals surface area contributed by atoms with Gasteiger partial charge in [0.05, 0.1) is 23.9 Å². The van der Waals surface area contributed by atoms with E-state index < -0.39 is 0 Å². The van der Waals surface area contributed by atoms with Gasteiger partial charge in [-0.05, 0) is 67.9 Å². The number of pyridine rings is 1. The number of nitrogens with one attached hydrogen (secondary N) is 2. The van der Waals surface area contributed by atoms with E-state index in [-0.39, 0.29) is 18.2 Å². The maximum atomic E-state index is 5.93. The molecule has 5 rings (SSSR count). The van der Waals surface area contributed by atoms with Crippen LogP contribution in [0.15, 0.2) is 73.1 Å². The molecule has 0 unspecified atom stereocenters. The largest absolute Gasteiger partial charge is 0.385 e. The predicted molar refractivity (Wildman–Crippen MR) is 135 cm³/mol. The minimum absolute atomic E-state index is 0.0129. The van der Waals surface area contributed by atoms with Gasteiger partial charge < -0.3 is 24.8 Å². The topological polar surface area (TPSA) is 54.4 Å². The first-order valence-electron chi connectivity index (χ1n) is 11.8. The zero-order chi connectivity index (χ0) is 22.5. The Labute approximate surface area is 201 Å². The normalized spacial score (nSPS) is 22.5. The van der Waals surface area contributed by atoms with Crippen LogP contribution in [0, 0.1) is 0 Å². The molecular weight excluding hydrogens is 430 g/mol. The molecule has 2 fully saturated rings. The number of rotatable bonds is 9. The van der Waals surface area contributed by atoms with Crippen molar-refractivity contribution in [3.63, 3.8) is 0 Å². The predicted octanol–water partition coefficient (Wildman–Crippen LogP) is 4.54. The summed E-state index contributed by atoms with van der Waals surface area (Å²) < 4.78 is 8.28. The second-order valence-corrected chi connectivity index (χ2v) is 9.07. The van der Waals surface area contributed by atoms with Crippen LogP contribution in [-0.4, -0.2) is 45.4 Å². The van der Waals surface area contributed by atoms with Crippen LogP contribution >= 0.6 is 12.2 Å². The summed E-state index contributed by atoms with van der Waals surface area (Å²) in [5, 5.41) is 7.87. The highest BCUT2D eigenvalue weighted by Crippen LogP contribution is 2.39. The van der Waals surface area contributed by atoms with Gasteiger partial charge in [-0.2, -0.15) is 0 Å². The Morgan fingerprint density at radius 2 is 1.97 bits per heavy atom. The minimum Gasteiger partial charge on any atom is -0.385 e. The third kappa shape index (κ3) is 5.04. The van der Waals surface area contributed by atoms with Crippen molar-refractivity contribution in [2.45, 2.75) is 44.0 Å². The van der Waals surface area contributed by atoms with Crippen molar-refractivity contribution in [3.8, 4) is 0 Å². The molecule has 7 heteroatoms. The van der Waals surface area contributed by atoms with Crippen LogP contribution in [0.1, 0.15) is 42.7 Å². The molecule has 2 N–H and O–H groups in total. The average molecular weight is 462 g/mol. The molecule has 2 aliphatic rings. The summed E-state index contributed by atoms with van der Waals surface area (Å²) in [5.74, 6) is 0. The monoisotopic (exact) mass is 461 g/mol. The van der Waals surface area contributed by atoms with Crippen molar-refractivity contribution >= 4 is 23.0 Å². The Hall–Kier alpha value is -2.90. The summed E-state index contributed by atoms with van der Waals surface area (Å²) in [5.41, 5.74) is 3.41. The highest BCUT2D eigenvalue weighted by molar-refractivity contribution is 7.80. The van der Waals surface area contributed by atoms with E-state index in [0.717, 1.165) is 62.0 Å². The summed E-state index contributed by atoms with van der Waals surface area (Å²) >= 11 is 5.83. The Morgan fingerprint density at radius 1 is 1.09 bits per heavy atom. The SMILES string of the molecule is S=C1N[C@H](c2ccccn2)[C@H](c2cccn2C[C@@H]2CCCO2)N1CCCNc1ccccc1. The van der Waals surface area contributed by atoms with Crippen molar-refractivity contribution in [2.75, 3.05) is 25.0 Å². The van der Waals surface area contributed by atoms with Gasteiger partial charge in [-0.15, -0.1) is 0 Å². The maximum absolute atomic E-state index is 5.93. The summed E-state index contributed by atoms with van der Waals surface area (Å²) in [4.78, 5) is 7.00. The van der Waals surface area contributed by atoms with Gasteiger partial charge in [0.2, 0.25) is 0 Å². The van der Waals surface area contributed by atoms with Crippen molar-refractivity contribution in [1.29, 1.82) is 0 Å². The zero-order valence-electron chi connectivity index (χ0n) is 18.8. The standard InChI is InChI=1S/C26H31N5OS/c33-26-29-24(22-12-4-5-14-28-22)25(23-13-6-16-30(23)19-21-11-7-18-32-21)31(26)17-8-15-27-20-9-2-1-3-10-20/h1-6,9-10,12-14,16,21,24-25,27H,7-8,11,15,17-19H2,(H,29,33)/t21-,24+,25-/m0/s1. The fourth-order valence-electron chi connectivity index (χ4n) is 4.88. The lowest BCUT2D eigenvalue weighted by molar-refractivity contribution is 0.0953. The first-order valence-corrected chi connectivity index (χ1v) is 12.2. The lowest BCUT2D eigenvalue weighted by Gasteiger charge is -2.29. The molecule has 2 aliphatic heterocycles. The maximum Gasteiger partial charge on any atom is 0.170 e. The molecule has 172 valence electrons. The van der Waals surface area contributed by atoms with Crippen molar-refractivity contribution in [1.82, 2.24) is 19.8 Å². The Balaban J connectivity index is 1.35. The molecule has 0 bridgehead atoms. The van der Waals surface area contributed by atoms with Gasteiger partial charge in [0, 0.05) is 50.0 Å². The second kappa shape index (κ2) is 10.4. The van der Waals surface area contributed by atoms with Crippen LogP contribution in [0.3, 0.4) is 0 Å². The zero-order valence-corrected chi connectivity index (χ0v) is 19.6. The third-order valence-electron chi connectivity index (χ3n) is 6.47. The number of nitrogens with zero attached hydrogens (tertiary/aromatic N) is 3. The van der Waals surface area contributed by atoms with Gasteiger partial charge in [-0.25, -0.2) is 0 Å². The number of hydrogen-bond donors (Lipinski definition) is 2. The van der Waals surface area contributed by atoms with Gasteiger partial charge in [0.25, 0.3) is 0 Å². The molecule has 4 heterocycles. The Kier molecular flexibility index (Phi) is 6.88. The first-order chi connectivity index (χ1) is 16.3. The van der Waals surface area contributed by atoms with Gasteiger partial charge in [-0.1, -0.05) is 24.3 Å². The van der Waals surface area contributed by atoms with E-state index in [1.165, 1.54) is 5.69 Å². The highest BCUT2D eigenvalue weighted by Gasteiger charge is 2.41. The van der Waals surface area contributed by atoms with E-state index in [9.17, 15) is 0 Å². The third-order valence-corrected chi connectivity index (χ3v) is 6.82. The molecule has 3 atom stereocenters. The van der Waals surface area contributed by atoms with E-state index in [1.54, 1.807) is 0 Å². The summed E-state index contributed by atoms with van der Waals surface area (Å²) in [6.45, 7) is 3.50. The number of anilines is 1. The van der Waals surface area contributed by atoms with E-state index >= 15 is 0 Å². The van der Waals surface area contributed by atoms with E-state index in [4.69, 9.17) is 17.0 Å². The molecule has 33 heavy (non-hydrogen) atoms. The molecular formula is C26H31N5OS. The van der Waals surface area contributed by atoms with Crippen LogP contribution in [-0.2, 0) is 11.3 Å². The summed E-state index contributed by atoms with van der Waals surface area (Å²) in [7, 11) is 0. The molecule has 0 amide bonds. The average Bonchev–Trinajstić information content (AvgIpc) is 3.59. The molecule has 0 radical (unpaired) electrons. The van der Waals surface area contributed by atoms with Crippen LogP contribution in [0.2, 0.25) is 0 Å². The number of hydrogen-bond acceptors (Lipinski definition) is 4. The summed E-state index contributed by atoms with van der Waals surface area (Å²) in [6.07, 6.45) is 7.56. The number of benzene rings is 1. The van der Waals surface area contributed by atoms with Crippen LogP contribution in [0.5, 0.6) is 0 Å². The molecule has 0 aliphatic carbocycles.